The lowest BCUT2D eigenvalue weighted by molar-refractivity contribution is -0.908. The molecule has 2 aromatic carbocycles. The number of amides is 1. The van der Waals surface area contributed by atoms with Crippen molar-refractivity contribution in [2.75, 3.05) is 50.9 Å². The molecule has 0 unspecified atom stereocenters. The van der Waals surface area contributed by atoms with Crippen molar-refractivity contribution < 1.29 is 19.2 Å². The van der Waals surface area contributed by atoms with Crippen LogP contribution in [0.1, 0.15) is 23.7 Å². The Kier molecular flexibility index (Phi) is 6.94. The first-order valence-corrected chi connectivity index (χ1v) is 11.4. The van der Waals surface area contributed by atoms with Crippen molar-refractivity contribution in [3.05, 3.63) is 54.1 Å². The topological polar surface area (TPSA) is 56.1 Å². The summed E-state index contributed by atoms with van der Waals surface area (Å²) < 4.78 is 12.2. The van der Waals surface area contributed by atoms with Gasteiger partial charge in [0.1, 0.15) is 24.4 Å². The van der Waals surface area contributed by atoms with Gasteiger partial charge in [-0.3, -0.25) is 9.69 Å². The standard InChI is InChI=1S/C23H27N3O3S/c1-2-29-19-10-6-11-20-21(19)24-23(30-20)26(22(27)18-8-4-3-5-9-18)13-7-12-25-14-16-28-17-15-25/h3-6,8-11H,2,7,12-17H2,1H3/p+1. The number of morpholine rings is 1. The number of carbonyl (C=O) groups excluding carboxylic acids is 1. The minimum atomic E-state index is -0.00964. The predicted octanol–water partition coefficient (Wildman–Crippen LogP) is 2.65. The van der Waals surface area contributed by atoms with Crippen LogP contribution in [0.2, 0.25) is 0 Å². The second-order valence-electron chi connectivity index (χ2n) is 7.32. The summed E-state index contributed by atoms with van der Waals surface area (Å²) in [5.74, 6) is 0.756. The molecule has 1 N–H and O–H groups in total. The van der Waals surface area contributed by atoms with Gasteiger partial charge in [0.2, 0.25) is 0 Å². The highest BCUT2D eigenvalue weighted by atomic mass is 32.1. The minimum absolute atomic E-state index is 0.00964. The Morgan fingerprint density at radius 3 is 2.73 bits per heavy atom. The van der Waals surface area contributed by atoms with Crippen molar-refractivity contribution in [2.24, 2.45) is 0 Å². The largest absolute Gasteiger partial charge is 0.492 e. The molecule has 158 valence electrons. The van der Waals surface area contributed by atoms with Gasteiger partial charge in [-0.2, -0.15) is 0 Å². The third kappa shape index (κ3) is 4.80. The monoisotopic (exact) mass is 426 g/mol. The fourth-order valence-electron chi connectivity index (χ4n) is 3.72. The maximum atomic E-state index is 13.3. The Labute approximate surface area is 181 Å². The van der Waals surface area contributed by atoms with E-state index in [1.54, 1.807) is 11.3 Å². The van der Waals surface area contributed by atoms with Gasteiger partial charge in [0.25, 0.3) is 5.91 Å². The molecule has 0 bridgehead atoms. The molecule has 0 spiro atoms. The van der Waals surface area contributed by atoms with Gasteiger partial charge in [0, 0.05) is 18.5 Å². The van der Waals surface area contributed by atoms with Crippen molar-refractivity contribution in [1.29, 1.82) is 0 Å². The van der Waals surface area contributed by atoms with Gasteiger partial charge in [0.05, 0.1) is 31.1 Å². The van der Waals surface area contributed by atoms with Crippen LogP contribution in [0.5, 0.6) is 5.75 Å². The van der Waals surface area contributed by atoms with E-state index < -0.39 is 0 Å². The molecule has 1 saturated heterocycles. The first-order chi connectivity index (χ1) is 14.8. The van der Waals surface area contributed by atoms with Crippen LogP contribution in [-0.4, -0.2) is 56.9 Å². The number of carbonyl (C=O) groups is 1. The number of ether oxygens (including phenoxy) is 2. The fourth-order valence-corrected chi connectivity index (χ4v) is 4.72. The number of hydrogen-bond acceptors (Lipinski definition) is 5. The minimum Gasteiger partial charge on any atom is -0.492 e. The highest BCUT2D eigenvalue weighted by Crippen LogP contribution is 2.34. The molecule has 30 heavy (non-hydrogen) atoms. The summed E-state index contributed by atoms with van der Waals surface area (Å²) in [5, 5.41) is 0.725. The lowest BCUT2D eigenvalue weighted by Gasteiger charge is -2.25. The zero-order valence-corrected chi connectivity index (χ0v) is 18.1. The summed E-state index contributed by atoms with van der Waals surface area (Å²) in [6, 6.07) is 15.4. The second kappa shape index (κ2) is 10.0. The molecule has 1 aliphatic heterocycles. The third-order valence-electron chi connectivity index (χ3n) is 5.28. The number of rotatable bonds is 8. The molecule has 1 aromatic heterocycles. The zero-order valence-electron chi connectivity index (χ0n) is 17.3. The van der Waals surface area contributed by atoms with E-state index in [-0.39, 0.29) is 5.91 Å². The summed E-state index contributed by atoms with van der Waals surface area (Å²) in [4.78, 5) is 21.5. The molecule has 6 nitrogen and oxygen atoms in total. The summed E-state index contributed by atoms with van der Waals surface area (Å²) in [6.45, 7) is 7.92. The van der Waals surface area contributed by atoms with Gasteiger partial charge in [-0.25, -0.2) is 4.98 Å². The van der Waals surface area contributed by atoms with E-state index in [1.807, 2.05) is 60.4 Å². The maximum absolute atomic E-state index is 13.3. The molecule has 0 radical (unpaired) electrons. The zero-order chi connectivity index (χ0) is 20.8. The van der Waals surface area contributed by atoms with E-state index in [2.05, 4.69) is 0 Å². The number of benzene rings is 2. The molecular formula is C23H28N3O3S+. The molecule has 0 aliphatic carbocycles. The first kappa shape index (κ1) is 20.8. The number of thiazole rings is 1. The van der Waals surface area contributed by atoms with Crippen LogP contribution in [0.4, 0.5) is 5.13 Å². The van der Waals surface area contributed by atoms with Crippen LogP contribution < -0.4 is 14.5 Å². The molecule has 7 heteroatoms. The summed E-state index contributed by atoms with van der Waals surface area (Å²) in [6.07, 6.45) is 0.919. The van der Waals surface area contributed by atoms with Crippen LogP contribution in [0.25, 0.3) is 10.2 Å². The average Bonchev–Trinajstić information content (AvgIpc) is 3.23. The van der Waals surface area contributed by atoms with E-state index in [0.717, 1.165) is 60.4 Å². The fraction of sp³-hybridized carbons (Fsp3) is 0.391. The second-order valence-corrected chi connectivity index (χ2v) is 8.33. The van der Waals surface area contributed by atoms with E-state index >= 15 is 0 Å². The summed E-state index contributed by atoms with van der Waals surface area (Å²) in [7, 11) is 0. The predicted molar refractivity (Wildman–Crippen MR) is 120 cm³/mol. The first-order valence-electron chi connectivity index (χ1n) is 10.6. The molecule has 1 aliphatic rings. The number of quaternary nitrogens is 1. The Bertz CT molecular complexity index is 970. The summed E-state index contributed by atoms with van der Waals surface area (Å²) >= 11 is 1.54. The number of anilines is 1. The van der Waals surface area contributed by atoms with Gasteiger partial charge in [0.15, 0.2) is 5.13 Å². The Hall–Kier alpha value is -2.48. The maximum Gasteiger partial charge on any atom is 0.260 e. The normalized spacial score (nSPS) is 14.7. The van der Waals surface area contributed by atoms with Crippen LogP contribution in [0, 0.1) is 0 Å². The van der Waals surface area contributed by atoms with Crippen LogP contribution in [0.3, 0.4) is 0 Å². The lowest BCUT2D eigenvalue weighted by atomic mass is 10.2. The SMILES string of the molecule is CCOc1cccc2sc(N(CCC[NH+]3CCOCC3)C(=O)c3ccccc3)nc12. The van der Waals surface area contributed by atoms with Gasteiger partial charge in [-0.15, -0.1) is 0 Å². The van der Waals surface area contributed by atoms with Crippen LogP contribution in [-0.2, 0) is 4.74 Å². The van der Waals surface area contributed by atoms with Crippen LogP contribution >= 0.6 is 11.3 Å². The average molecular weight is 427 g/mol. The van der Waals surface area contributed by atoms with Crippen molar-refractivity contribution >= 4 is 32.6 Å². The number of hydrogen-bond donors (Lipinski definition) is 1. The molecule has 1 fully saturated rings. The van der Waals surface area contributed by atoms with E-state index in [1.165, 1.54) is 4.90 Å². The quantitative estimate of drug-likeness (QED) is 0.602. The number of nitrogens with zero attached hydrogens (tertiary/aromatic N) is 2. The van der Waals surface area contributed by atoms with Gasteiger partial charge in [-0.1, -0.05) is 35.6 Å². The smallest absolute Gasteiger partial charge is 0.260 e. The summed E-state index contributed by atoms with van der Waals surface area (Å²) in [5.41, 5.74) is 1.50. The highest BCUT2D eigenvalue weighted by molar-refractivity contribution is 7.22. The van der Waals surface area contributed by atoms with E-state index in [0.29, 0.717) is 18.7 Å². The molecule has 0 atom stereocenters. The number of para-hydroxylation sites is 1. The van der Waals surface area contributed by atoms with E-state index in [9.17, 15) is 4.79 Å². The Morgan fingerprint density at radius 1 is 1.17 bits per heavy atom. The molecule has 3 aromatic rings. The van der Waals surface area contributed by atoms with Gasteiger partial charge < -0.3 is 14.4 Å². The van der Waals surface area contributed by atoms with Gasteiger partial charge in [-0.05, 0) is 31.2 Å². The Morgan fingerprint density at radius 2 is 1.97 bits per heavy atom. The highest BCUT2D eigenvalue weighted by Gasteiger charge is 2.23. The van der Waals surface area contributed by atoms with Crippen molar-refractivity contribution in [3.8, 4) is 5.75 Å². The lowest BCUT2D eigenvalue weighted by Crippen LogP contribution is -3.14. The molecule has 0 saturated carbocycles. The van der Waals surface area contributed by atoms with Crippen molar-refractivity contribution in [2.45, 2.75) is 13.3 Å². The molecule has 4 rings (SSSR count). The molecular weight excluding hydrogens is 398 g/mol. The molecule has 2 heterocycles. The van der Waals surface area contributed by atoms with E-state index in [4.69, 9.17) is 14.5 Å². The number of aromatic nitrogens is 1. The Balaban J connectivity index is 1.58. The number of nitrogens with one attached hydrogen (secondary N) is 1. The number of fused-ring (bicyclic) bond motifs is 1. The van der Waals surface area contributed by atoms with Crippen molar-refractivity contribution in [1.82, 2.24) is 4.98 Å². The molecule has 1 amide bonds. The van der Waals surface area contributed by atoms with Gasteiger partial charge >= 0.3 is 0 Å². The third-order valence-corrected chi connectivity index (χ3v) is 6.32. The van der Waals surface area contributed by atoms with Crippen LogP contribution in [0.15, 0.2) is 48.5 Å². The van der Waals surface area contributed by atoms with Crippen molar-refractivity contribution in [3.63, 3.8) is 0 Å².